The van der Waals surface area contributed by atoms with Gasteiger partial charge in [0.15, 0.2) is 0 Å². The Morgan fingerprint density at radius 2 is 1.76 bits per heavy atom. The number of nitrogens with one attached hydrogen (secondary N) is 1. The predicted molar refractivity (Wildman–Crippen MR) is 80.2 cm³/mol. The zero-order chi connectivity index (χ0) is 15.2. The van der Waals surface area contributed by atoms with E-state index in [4.69, 9.17) is 5.11 Å². The van der Waals surface area contributed by atoms with Gasteiger partial charge in [-0.3, -0.25) is 9.69 Å². The van der Waals surface area contributed by atoms with Crippen molar-refractivity contribution in [2.24, 2.45) is 5.92 Å². The molecule has 1 saturated carbocycles. The summed E-state index contributed by atoms with van der Waals surface area (Å²) < 4.78 is 0. The summed E-state index contributed by atoms with van der Waals surface area (Å²) in [6, 6.07) is 0.306. The van der Waals surface area contributed by atoms with Gasteiger partial charge in [-0.1, -0.05) is 26.2 Å². The Morgan fingerprint density at radius 1 is 1.10 bits per heavy atom. The van der Waals surface area contributed by atoms with Crippen LogP contribution in [0.3, 0.4) is 0 Å². The van der Waals surface area contributed by atoms with Gasteiger partial charge in [-0.2, -0.15) is 0 Å². The summed E-state index contributed by atoms with van der Waals surface area (Å²) in [6.45, 7) is 4.79. The van der Waals surface area contributed by atoms with Crippen LogP contribution in [0, 0.1) is 5.92 Å². The lowest BCUT2D eigenvalue weighted by molar-refractivity contribution is -0.138. The van der Waals surface area contributed by atoms with Gasteiger partial charge in [-0.25, -0.2) is 4.79 Å². The fourth-order valence-corrected chi connectivity index (χ4v) is 3.26. The molecule has 1 aliphatic heterocycles. The molecular weight excluding hydrogens is 270 g/mol. The number of carbonyl (C=O) groups excluding carboxylic acids is 1. The summed E-state index contributed by atoms with van der Waals surface area (Å²) in [5.41, 5.74) is 0. The normalized spacial score (nSPS) is 28.0. The molecule has 6 heteroatoms. The van der Waals surface area contributed by atoms with Crippen molar-refractivity contribution in [3.05, 3.63) is 0 Å². The predicted octanol–water partition coefficient (Wildman–Crippen LogP) is 1.37. The first-order chi connectivity index (χ1) is 10.1. The molecule has 0 bridgehead atoms. The number of carboxylic acid groups (broad SMARTS) is 1. The zero-order valence-electron chi connectivity index (χ0n) is 12.9. The number of piperazine rings is 1. The number of amides is 2. The Morgan fingerprint density at radius 3 is 2.43 bits per heavy atom. The molecule has 2 rings (SSSR count). The molecule has 0 aromatic carbocycles. The summed E-state index contributed by atoms with van der Waals surface area (Å²) in [7, 11) is 0. The van der Waals surface area contributed by atoms with Crippen LogP contribution in [0.5, 0.6) is 0 Å². The standard InChI is InChI=1S/C15H27N3O3/c1-12-5-3-2-4-6-13(12)16-15(21)18-9-7-17(8-10-18)11-14(19)20/h12-13H,2-11H2,1H3,(H,16,21)(H,19,20). The average Bonchev–Trinajstić information content (AvgIpc) is 2.64. The second-order valence-electron chi connectivity index (χ2n) is 6.33. The van der Waals surface area contributed by atoms with Gasteiger partial charge in [0.05, 0.1) is 6.54 Å². The molecule has 2 fully saturated rings. The van der Waals surface area contributed by atoms with Gasteiger partial charge >= 0.3 is 12.0 Å². The number of carboxylic acids is 1. The molecule has 0 aromatic heterocycles. The van der Waals surface area contributed by atoms with E-state index < -0.39 is 5.97 Å². The Labute approximate surface area is 126 Å². The molecule has 1 aliphatic carbocycles. The van der Waals surface area contributed by atoms with Crippen molar-refractivity contribution < 1.29 is 14.7 Å². The molecule has 0 aromatic rings. The maximum absolute atomic E-state index is 12.3. The third kappa shape index (κ3) is 4.88. The van der Waals surface area contributed by atoms with Crippen LogP contribution >= 0.6 is 0 Å². The molecule has 1 saturated heterocycles. The molecule has 0 spiro atoms. The molecule has 0 radical (unpaired) electrons. The number of urea groups is 1. The van der Waals surface area contributed by atoms with Crippen LogP contribution in [0.25, 0.3) is 0 Å². The van der Waals surface area contributed by atoms with Gasteiger partial charge in [0.2, 0.25) is 0 Å². The summed E-state index contributed by atoms with van der Waals surface area (Å²) in [6.07, 6.45) is 6.00. The van der Waals surface area contributed by atoms with Crippen LogP contribution in [-0.2, 0) is 4.79 Å². The Kier molecular flexibility index (Phi) is 5.85. The van der Waals surface area contributed by atoms with Crippen LogP contribution in [0.2, 0.25) is 0 Å². The van der Waals surface area contributed by atoms with Crippen LogP contribution in [0.1, 0.15) is 39.0 Å². The van der Waals surface area contributed by atoms with E-state index in [2.05, 4.69) is 12.2 Å². The van der Waals surface area contributed by atoms with Crippen LogP contribution < -0.4 is 5.32 Å². The minimum atomic E-state index is -0.805. The maximum Gasteiger partial charge on any atom is 0.317 e. The Balaban J connectivity index is 1.77. The first kappa shape index (κ1) is 16.1. The minimum Gasteiger partial charge on any atom is -0.480 e. The monoisotopic (exact) mass is 297 g/mol. The average molecular weight is 297 g/mol. The van der Waals surface area contributed by atoms with E-state index in [1.54, 1.807) is 0 Å². The van der Waals surface area contributed by atoms with Crippen molar-refractivity contribution in [3.63, 3.8) is 0 Å². The maximum atomic E-state index is 12.3. The quantitative estimate of drug-likeness (QED) is 0.772. The molecule has 120 valence electrons. The second-order valence-corrected chi connectivity index (χ2v) is 6.33. The lowest BCUT2D eigenvalue weighted by Crippen LogP contribution is -2.54. The highest BCUT2D eigenvalue weighted by Gasteiger charge is 2.26. The number of nitrogens with zero attached hydrogens (tertiary/aromatic N) is 2. The van der Waals surface area contributed by atoms with Crippen LogP contribution in [-0.4, -0.2) is 65.7 Å². The Bertz CT molecular complexity index is 367. The summed E-state index contributed by atoms with van der Waals surface area (Å²) >= 11 is 0. The van der Waals surface area contributed by atoms with Crippen molar-refractivity contribution >= 4 is 12.0 Å². The first-order valence-corrected chi connectivity index (χ1v) is 8.06. The molecule has 2 N–H and O–H groups in total. The van der Waals surface area contributed by atoms with E-state index in [9.17, 15) is 9.59 Å². The molecule has 2 aliphatic rings. The molecule has 2 amide bonds. The van der Waals surface area contributed by atoms with E-state index in [0.29, 0.717) is 32.1 Å². The molecular formula is C15H27N3O3. The number of aliphatic carboxylic acids is 1. The number of hydrogen-bond donors (Lipinski definition) is 2. The van der Waals surface area contributed by atoms with Gasteiger partial charge in [0.1, 0.15) is 0 Å². The van der Waals surface area contributed by atoms with Crippen molar-refractivity contribution in [1.82, 2.24) is 15.1 Å². The molecule has 6 nitrogen and oxygen atoms in total. The van der Waals surface area contributed by atoms with Crippen LogP contribution in [0.15, 0.2) is 0 Å². The first-order valence-electron chi connectivity index (χ1n) is 8.06. The lowest BCUT2D eigenvalue weighted by atomic mass is 9.97. The van der Waals surface area contributed by atoms with E-state index in [1.165, 1.54) is 25.7 Å². The van der Waals surface area contributed by atoms with Crippen molar-refractivity contribution in [3.8, 4) is 0 Å². The topological polar surface area (TPSA) is 72.9 Å². The fraction of sp³-hybridized carbons (Fsp3) is 0.867. The highest BCUT2D eigenvalue weighted by atomic mass is 16.4. The van der Waals surface area contributed by atoms with Gasteiger partial charge in [0.25, 0.3) is 0 Å². The molecule has 2 unspecified atom stereocenters. The highest BCUT2D eigenvalue weighted by molar-refractivity contribution is 5.74. The van der Waals surface area contributed by atoms with E-state index in [-0.39, 0.29) is 18.6 Å². The fourth-order valence-electron chi connectivity index (χ4n) is 3.26. The second kappa shape index (κ2) is 7.64. The highest BCUT2D eigenvalue weighted by Crippen LogP contribution is 2.23. The molecule has 2 atom stereocenters. The third-order valence-electron chi connectivity index (χ3n) is 4.69. The van der Waals surface area contributed by atoms with Crippen LogP contribution in [0.4, 0.5) is 4.79 Å². The molecule has 1 heterocycles. The van der Waals surface area contributed by atoms with E-state index >= 15 is 0 Å². The van der Waals surface area contributed by atoms with Gasteiger partial charge < -0.3 is 15.3 Å². The van der Waals surface area contributed by atoms with E-state index in [0.717, 1.165) is 6.42 Å². The number of carbonyl (C=O) groups is 2. The molecule has 21 heavy (non-hydrogen) atoms. The number of rotatable bonds is 3. The van der Waals surface area contributed by atoms with Gasteiger partial charge in [-0.05, 0) is 18.8 Å². The Hall–Kier alpha value is -1.30. The summed E-state index contributed by atoms with van der Waals surface area (Å²) in [5, 5.41) is 12.0. The largest absolute Gasteiger partial charge is 0.480 e. The zero-order valence-corrected chi connectivity index (χ0v) is 12.9. The minimum absolute atomic E-state index is 0.0173. The lowest BCUT2D eigenvalue weighted by Gasteiger charge is -2.35. The van der Waals surface area contributed by atoms with E-state index in [1.807, 2.05) is 9.80 Å². The summed E-state index contributed by atoms with van der Waals surface area (Å²) in [5.74, 6) is -0.259. The third-order valence-corrected chi connectivity index (χ3v) is 4.69. The van der Waals surface area contributed by atoms with Gasteiger partial charge in [-0.15, -0.1) is 0 Å². The van der Waals surface area contributed by atoms with Crippen molar-refractivity contribution in [2.45, 2.75) is 45.1 Å². The number of hydrogen-bond acceptors (Lipinski definition) is 3. The van der Waals surface area contributed by atoms with Crippen molar-refractivity contribution in [1.29, 1.82) is 0 Å². The SMILES string of the molecule is CC1CCCCCC1NC(=O)N1CCN(CC(=O)O)CC1. The van der Waals surface area contributed by atoms with Gasteiger partial charge in [0, 0.05) is 32.2 Å². The summed E-state index contributed by atoms with van der Waals surface area (Å²) in [4.78, 5) is 26.7. The van der Waals surface area contributed by atoms with Crippen molar-refractivity contribution in [2.75, 3.05) is 32.7 Å². The smallest absolute Gasteiger partial charge is 0.317 e.